The van der Waals surface area contributed by atoms with Crippen molar-refractivity contribution in [3.8, 4) is 11.9 Å². The number of nitriles is 1. The molecule has 1 heterocycles. The summed E-state index contributed by atoms with van der Waals surface area (Å²) < 4.78 is 5.16. The van der Waals surface area contributed by atoms with Crippen molar-refractivity contribution < 1.29 is 4.74 Å². The van der Waals surface area contributed by atoms with Crippen LogP contribution < -0.4 is 10.1 Å². The average Bonchev–Trinajstić information content (AvgIpc) is 2.17. The first-order chi connectivity index (χ1) is 6.36. The van der Waals surface area contributed by atoms with Gasteiger partial charge in [-0.3, -0.25) is 0 Å². The van der Waals surface area contributed by atoms with Gasteiger partial charge in [0.15, 0.2) is 0 Å². The summed E-state index contributed by atoms with van der Waals surface area (Å²) in [6.45, 7) is 2.80. The number of ether oxygens (including phenoxy) is 1. The Hall–Kier alpha value is -1.76. The molecule has 0 saturated heterocycles. The summed E-state index contributed by atoms with van der Waals surface area (Å²) in [6, 6.07) is 5.58. The predicted molar refractivity (Wildman–Crippen MR) is 49.5 cm³/mol. The Morgan fingerprint density at radius 1 is 1.62 bits per heavy atom. The first-order valence-electron chi connectivity index (χ1n) is 4.06. The summed E-state index contributed by atoms with van der Waals surface area (Å²) in [5.41, 5.74) is 0.824. The molecule has 68 valence electrons. The number of rotatable bonds is 4. The molecule has 1 aromatic heterocycles. The van der Waals surface area contributed by atoms with Crippen molar-refractivity contribution in [2.75, 3.05) is 18.5 Å². The molecule has 0 saturated carbocycles. The maximum atomic E-state index is 8.31. The van der Waals surface area contributed by atoms with Crippen molar-refractivity contribution in [1.82, 2.24) is 4.98 Å². The van der Waals surface area contributed by atoms with E-state index in [1.165, 1.54) is 0 Å². The Morgan fingerprint density at radius 2 is 2.46 bits per heavy atom. The SMILES string of the molecule is CCOc1ccc(NCC#N)cn1. The molecular formula is C9H11N3O. The van der Waals surface area contributed by atoms with Crippen molar-refractivity contribution >= 4 is 5.69 Å². The number of nitrogens with one attached hydrogen (secondary N) is 1. The fourth-order valence-electron chi connectivity index (χ4n) is 0.860. The van der Waals surface area contributed by atoms with Crippen molar-refractivity contribution in [2.45, 2.75) is 6.92 Å². The minimum atomic E-state index is 0.287. The summed E-state index contributed by atoms with van der Waals surface area (Å²) in [4.78, 5) is 4.03. The van der Waals surface area contributed by atoms with Gasteiger partial charge in [0.05, 0.1) is 24.6 Å². The van der Waals surface area contributed by atoms with Gasteiger partial charge in [-0.1, -0.05) is 0 Å². The van der Waals surface area contributed by atoms with Gasteiger partial charge < -0.3 is 10.1 Å². The Labute approximate surface area is 77.2 Å². The molecule has 4 nitrogen and oxygen atoms in total. The molecule has 0 aromatic carbocycles. The summed E-state index contributed by atoms with van der Waals surface area (Å²) in [5, 5.41) is 11.2. The molecule has 0 bridgehead atoms. The molecule has 13 heavy (non-hydrogen) atoms. The highest BCUT2D eigenvalue weighted by Gasteiger charge is 1.93. The molecule has 0 aliphatic heterocycles. The second-order valence-corrected chi connectivity index (χ2v) is 2.33. The Bertz CT molecular complexity index is 289. The number of anilines is 1. The van der Waals surface area contributed by atoms with Gasteiger partial charge >= 0.3 is 0 Å². The number of pyridine rings is 1. The van der Waals surface area contributed by atoms with E-state index in [4.69, 9.17) is 10.00 Å². The van der Waals surface area contributed by atoms with Crippen LogP contribution >= 0.6 is 0 Å². The van der Waals surface area contributed by atoms with E-state index >= 15 is 0 Å². The molecule has 0 radical (unpaired) electrons. The molecule has 1 N–H and O–H groups in total. The maximum Gasteiger partial charge on any atom is 0.213 e. The van der Waals surface area contributed by atoms with Crippen LogP contribution in [0.3, 0.4) is 0 Å². The molecule has 0 aliphatic carbocycles. The smallest absolute Gasteiger partial charge is 0.213 e. The summed E-state index contributed by atoms with van der Waals surface area (Å²) in [5.74, 6) is 0.602. The van der Waals surface area contributed by atoms with E-state index in [2.05, 4.69) is 10.3 Å². The van der Waals surface area contributed by atoms with Crippen molar-refractivity contribution in [2.24, 2.45) is 0 Å². The number of nitrogens with zero attached hydrogens (tertiary/aromatic N) is 2. The normalized spacial score (nSPS) is 8.92. The number of aromatic nitrogens is 1. The highest BCUT2D eigenvalue weighted by Crippen LogP contribution is 2.10. The molecular weight excluding hydrogens is 166 g/mol. The first kappa shape index (κ1) is 9.33. The highest BCUT2D eigenvalue weighted by molar-refractivity contribution is 5.42. The lowest BCUT2D eigenvalue weighted by Gasteiger charge is -2.03. The van der Waals surface area contributed by atoms with E-state index in [9.17, 15) is 0 Å². The maximum absolute atomic E-state index is 8.31. The average molecular weight is 177 g/mol. The molecule has 1 aromatic rings. The second kappa shape index (κ2) is 4.99. The zero-order chi connectivity index (χ0) is 9.52. The molecule has 0 fully saturated rings. The van der Waals surface area contributed by atoms with Gasteiger partial charge in [0.25, 0.3) is 0 Å². The quantitative estimate of drug-likeness (QED) is 0.706. The third kappa shape index (κ3) is 2.99. The van der Waals surface area contributed by atoms with Gasteiger partial charge in [0.2, 0.25) is 5.88 Å². The van der Waals surface area contributed by atoms with Crippen molar-refractivity contribution in [3.05, 3.63) is 18.3 Å². The molecule has 0 aliphatic rings. The largest absolute Gasteiger partial charge is 0.478 e. The Kier molecular flexibility index (Phi) is 3.58. The van der Waals surface area contributed by atoms with Gasteiger partial charge in [-0.15, -0.1) is 0 Å². The van der Waals surface area contributed by atoms with Crippen molar-refractivity contribution in [3.63, 3.8) is 0 Å². The molecule has 0 amide bonds. The Balaban J connectivity index is 2.54. The molecule has 1 rings (SSSR count). The first-order valence-corrected chi connectivity index (χ1v) is 4.06. The lowest BCUT2D eigenvalue weighted by molar-refractivity contribution is 0.327. The fraction of sp³-hybridized carbons (Fsp3) is 0.333. The molecule has 0 spiro atoms. The lowest BCUT2D eigenvalue weighted by atomic mass is 10.4. The summed E-state index contributed by atoms with van der Waals surface area (Å²) >= 11 is 0. The zero-order valence-corrected chi connectivity index (χ0v) is 7.45. The van der Waals surface area contributed by atoms with Crippen LogP contribution in [0.1, 0.15) is 6.92 Å². The standard InChI is InChI=1S/C9H11N3O/c1-2-13-9-4-3-8(7-12-9)11-6-5-10/h3-4,7,11H,2,6H2,1H3. The van der Waals surface area contributed by atoms with Crippen LogP contribution in [0, 0.1) is 11.3 Å². The van der Waals surface area contributed by atoms with Crippen LogP contribution in [-0.2, 0) is 0 Å². The predicted octanol–water partition coefficient (Wildman–Crippen LogP) is 1.42. The van der Waals surface area contributed by atoms with Crippen LogP contribution in [0.5, 0.6) is 5.88 Å². The van der Waals surface area contributed by atoms with Gasteiger partial charge in [0, 0.05) is 6.07 Å². The van der Waals surface area contributed by atoms with Crippen LogP contribution in [0.4, 0.5) is 5.69 Å². The lowest BCUT2D eigenvalue weighted by Crippen LogP contribution is -1.99. The highest BCUT2D eigenvalue weighted by atomic mass is 16.5. The second-order valence-electron chi connectivity index (χ2n) is 2.33. The monoisotopic (exact) mass is 177 g/mol. The summed E-state index contributed by atoms with van der Waals surface area (Å²) in [7, 11) is 0. The van der Waals surface area contributed by atoms with Gasteiger partial charge in [-0.2, -0.15) is 5.26 Å². The van der Waals surface area contributed by atoms with E-state index in [-0.39, 0.29) is 6.54 Å². The third-order valence-corrected chi connectivity index (χ3v) is 1.40. The minimum absolute atomic E-state index is 0.287. The zero-order valence-electron chi connectivity index (χ0n) is 7.45. The molecule has 0 atom stereocenters. The topological polar surface area (TPSA) is 57.9 Å². The van der Waals surface area contributed by atoms with Crippen LogP contribution in [0.2, 0.25) is 0 Å². The van der Waals surface area contributed by atoms with Crippen LogP contribution in [0.15, 0.2) is 18.3 Å². The summed E-state index contributed by atoms with van der Waals surface area (Å²) in [6.07, 6.45) is 1.64. The number of hydrogen-bond acceptors (Lipinski definition) is 4. The van der Waals surface area contributed by atoms with Gasteiger partial charge in [0.1, 0.15) is 6.54 Å². The molecule has 0 unspecified atom stereocenters. The fourth-order valence-corrected chi connectivity index (χ4v) is 0.860. The van der Waals surface area contributed by atoms with Gasteiger partial charge in [-0.05, 0) is 13.0 Å². The van der Waals surface area contributed by atoms with E-state index in [1.807, 2.05) is 19.1 Å². The van der Waals surface area contributed by atoms with Crippen LogP contribution in [0.25, 0.3) is 0 Å². The van der Waals surface area contributed by atoms with Gasteiger partial charge in [-0.25, -0.2) is 4.98 Å². The van der Waals surface area contributed by atoms with E-state index in [0.717, 1.165) is 5.69 Å². The van der Waals surface area contributed by atoms with E-state index in [1.54, 1.807) is 12.3 Å². The number of hydrogen-bond donors (Lipinski definition) is 1. The van der Waals surface area contributed by atoms with E-state index in [0.29, 0.717) is 12.5 Å². The van der Waals surface area contributed by atoms with E-state index < -0.39 is 0 Å². The Morgan fingerprint density at radius 3 is 3.00 bits per heavy atom. The van der Waals surface area contributed by atoms with Crippen LogP contribution in [-0.4, -0.2) is 18.1 Å². The van der Waals surface area contributed by atoms with Crippen molar-refractivity contribution in [1.29, 1.82) is 5.26 Å². The minimum Gasteiger partial charge on any atom is -0.478 e. The third-order valence-electron chi connectivity index (χ3n) is 1.40. The molecule has 4 heteroatoms.